The van der Waals surface area contributed by atoms with Gasteiger partial charge < -0.3 is 30.1 Å². The zero-order valence-electron chi connectivity index (χ0n) is 38.7. The highest BCUT2D eigenvalue weighted by atomic mass is 19.1. The van der Waals surface area contributed by atoms with E-state index in [1.165, 1.54) is 25.3 Å². The van der Waals surface area contributed by atoms with Crippen LogP contribution >= 0.6 is 0 Å². The number of piperazine rings is 2. The van der Waals surface area contributed by atoms with E-state index in [2.05, 4.69) is 14.5 Å². The summed E-state index contributed by atoms with van der Waals surface area (Å²) in [6.45, 7) is 5.47. The molecule has 2 fully saturated rings. The van der Waals surface area contributed by atoms with Crippen molar-refractivity contribution >= 4 is 35.2 Å². The van der Waals surface area contributed by atoms with Crippen LogP contribution in [0.3, 0.4) is 0 Å². The summed E-state index contributed by atoms with van der Waals surface area (Å²) >= 11 is 0. The highest BCUT2D eigenvalue weighted by Crippen LogP contribution is 2.30. The number of carbonyl (C=O) groups is 4. The van der Waals surface area contributed by atoms with E-state index in [9.17, 15) is 28.0 Å². The van der Waals surface area contributed by atoms with Gasteiger partial charge in [0.2, 0.25) is 0 Å². The van der Waals surface area contributed by atoms with Crippen LogP contribution in [0.2, 0.25) is 0 Å². The lowest BCUT2D eigenvalue weighted by Gasteiger charge is -2.36. The molecule has 6 aromatic rings. The number of Topliss-reactive ketones (excluding diaryl/α,β-unsaturated/α-hetero) is 1. The van der Waals surface area contributed by atoms with Crippen LogP contribution in [0.25, 0.3) is 22.3 Å². The molecular weight excluding hydrogens is 865 g/mol. The average molecular weight is 922 g/mol. The Morgan fingerprint density at radius 1 is 0.515 bits per heavy atom. The first-order chi connectivity index (χ1) is 32.9. The van der Waals surface area contributed by atoms with Crippen LogP contribution in [0.15, 0.2) is 146 Å². The Labute approximate surface area is 396 Å². The third-order valence-electron chi connectivity index (χ3n) is 12.2. The lowest BCUT2D eigenvalue weighted by molar-refractivity contribution is 0.0600. The zero-order valence-corrected chi connectivity index (χ0v) is 38.7. The van der Waals surface area contributed by atoms with Gasteiger partial charge in [0.15, 0.2) is 5.78 Å². The van der Waals surface area contributed by atoms with Gasteiger partial charge in [-0.15, -0.1) is 0 Å². The summed E-state index contributed by atoms with van der Waals surface area (Å²) in [5.41, 5.74) is 11.8. The minimum Gasteiger partial charge on any atom is -0.465 e. The lowest BCUT2D eigenvalue weighted by atomic mass is 10.0. The van der Waals surface area contributed by atoms with Crippen LogP contribution in [0.1, 0.15) is 31.8 Å². The molecule has 12 nitrogen and oxygen atoms in total. The number of anilines is 2. The summed E-state index contributed by atoms with van der Waals surface area (Å²) < 4.78 is 34.6. The number of halogens is 2. The zero-order chi connectivity index (χ0) is 48.2. The van der Waals surface area contributed by atoms with Gasteiger partial charge in [-0.2, -0.15) is 0 Å². The number of rotatable bonds is 11. The van der Waals surface area contributed by atoms with Crippen molar-refractivity contribution in [3.8, 4) is 22.3 Å². The molecule has 0 spiro atoms. The van der Waals surface area contributed by atoms with Gasteiger partial charge in [-0.05, 0) is 78.8 Å². The summed E-state index contributed by atoms with van der Waals surface area (Å²) in [5, 5.41) is 0. The number of esters is 1. The largest absolute Gasteiger partial charge is 0.465 e. The molecule has 68 heavy (non-hydrogen) atoms. The van der Waals surface area contributed by atoms with Crippen molar-refractivity contribution in [2.75, 3.05) is 89.9 Å². The Morgan fingerprint density at radius 3 is 1.31 bits per heavy atom. The highest BCUT2D eigenvalue weighted by Gasteiger charge is 2.28. The Morgan fingerprint density at radius 2 is 0.912 bits per heavy atom. The molecule has 0 bridgehead atoms. The minimum atomic E-state index is -0.605. The summed E-state index contributed by atoms with van der Waals surface area (Å²) in [7, 11) is 5.31. The van der Waals surface area contributed by atoms with Crippen molar-refractivity contribution in [3.63, 3.8) is 0 Å². The first-order valence-electron chi connectivity index (χ1n) is 22.6. The van der Waals surface area contributed by atoms with E-state index in [4.69, 9.17) is 5.73 Å². The molecule has 0 unspecified atom stereocenters. The molecule has 352 valence electrons. The minimum absolute atomic E-state index is 0.0384. The fourth-order valence-corrected chi connectivity index (χ4v) is 8.07. The van der Waals surface area contributed by atoms with E-state index in [1.807, 2.05) is 123 Å². The van der Waals surface area contributed by atoms with Gasteiger partial charge in [0.05, 0.1) is 32.3 Å². The number of amides is 4. The van der Waals surface area contributed by atoms with Gasteiger partial charge in [-0.1, -0.05) is 103 Å². The van der Waals surface area contributed by atoms with Crippen LogP contribution in [-0.2, 0) is 17.8 Å². The van der Waals surface area contributed by atoms with E-state index in [1.54, 1.807) is 31.7 Å². The van der Waals surface area contributed by atoms with Crippen LogP contribution in [0, 0.1) is 11.6 Å². The third-order valence-corrected chi connectivity index (χ3v) is 12.2. The maximum atomic E-state index is 15.0. The topological polar surface area (TPSA) is 123 Å². The van der Waals surface area contributed by atoms with E-state index in [0.29, 0.717) is 48.7 Å². The molecule has 2 saturated heterocycles. The first kappa shape index (κ1) is 48.7. The second kappa shape index (κ2) is 23.0. The number of methoxy groups -OCH3 is 1. The molecule has 2 N–H and O–H groups in total. The number of ether oxygens (including phenoxy) is 1. The number of hydrogen-bond acceptors (Lipinski definition) is 8. The Bertz CT molecular complexity index is 2510. The van der Waals surface area contributed by atoms with E-state index in [0.717, 1.165) is 54.5 Å². The van der Waals surface area contributed by atoms with Gasteiger partial charge >= 0.3 is 18.0 Å². The van der Waals surface area contributed by atoms with Crippen molar-refractivity contribution in [3.05, 3.63) is 179 Å². The van der Waals surface area contributed by atoms with Gasteiger partial charge in [0, 0.05) is 80.4 Å². The number of urea groups is 2. The van der Waals surface area contributed by atoms with Crippen molar-refractivity contribution in [2.45, 2.75) is 13.1 Å². The smallest absolute Gasteiger partial charge is 0.337 e. The maximum Gasteiger partial charge on any atom is 0.337 e. The molecule has 6 aromatic carbocycles. The summed E-state index contributed by atoms with van der Waals surface area (Å²) in [4.78, 5) is 62.1. The molecule has 2 aliphatic heterocycles. The van der Waals surface area contributed by atoms with Gasteiger partial charge in [-0.3, -0.25) is 14.6 Å². The van der Waals surface area contributed by atoms with Crippen molar-refractivity contribution < 1.29 is 32.7 Å². The molecule has 2 aliphatic rings. The molecule has 2 heterocycles. The summed E-state index contributed by atoms with van der Waals surface area (Å²) in [5.74, 6) is -2.02. The Balaban J connectivity index is 0.000000201. The number of nitrogens with zero attached hydrogens (tertiary/aromatic N) is 6. The fraction of sp³-hybridized carbons (Fsp3) is 0.259. The highest BCUT2D eigenvalue weighted by molar-refractivity contribution is 5.98. The first-order valence-corrected chi connectivity index (χ1v) is 22.6. The van der Waals surface area contributed by atoms with Crippen molar-refractivity contribution in [1.29, 1.82) is 0 Å². The molecule has 0 saturated carbocycles. The third kappa shape index (κ3) is 12.2. The van der Waals surface area contributed by atoms with Crippen molar-refractivity contribution in [1.82, 2.24) is 19.6 Å². The second-order valence-electron chi connectivity index (χ2n) is 16.9. The molecule has 0 atom stereocenters. The van der Waals surface area contributed by atoms with Crippen molar-refractivity contribution in [2.24, 2.45) is 5.73 Å². The molecular formula is C54H57F2N7O5. The van der Waals surface area contributed by atoms with E-state index in [-0.39, 0.29) is 48.6 Å². The monoisotopic (exact) mass is 921 g/mol. The lowest BCUT2D eigenvalue weighted by Crippen LogP contribution is -2.52. The summed E-state index contributed by atoms with van der Waals surface area (Å²) in [6, 6.07) is 43.4. The van der Waals surface area contributed by atoms with Gasteiger partial charge in [-0.25, -0.2) is 23.2 Å². The van der Waals surface area contributed by atoms with Gasteiger partial charge in [0.25, 0.3) is 0 Å². The van der Waals surface area contributed by atoms with E-state index >= 15 is 0 Å². The fourth-order valence-electron chi connectivity index (χ4n) is 8.07. The number of nitrogens with two attached hydrogens (primary N) is 1. The molecule has 0 aromatic heterocycles. The van der Waals surface area contributed by atoms with Crippen LogP contribution < -0.4 is 15.5 Å². The number of ketones is 1. The maximum absolute atomic E-state index is 15.0. The molecule has 14 heteroatoms. The number of likely N-dealkylation sites (N-methyl/N-ethyl adjacent to an activating group) is 2. The number of hydrogen-bond donors (Lipinski definition) is 1. The molecule has 0 aliphatic carbocycles. The van der Waals surface area contributed by atoms with Crippen LogP contribution in [0.5, 0.6) is 0 Å². The van der Waals surface area contributed by atoms with E-state index < -0.39 is 17.6 Å². The summed E-state index contributed by atoms with van der Waals surface area (Å²) in [6.07, 6.45) is 0. The Hall–Kier alpha value is -7.26. The number of carbonyl (C=O) groups excluding carboxylic acids is 4. The second-order valence-corrected chi connectivity index (χ2v) is 16.9. The normalized spacial score (nSPS) is 14.1. The average Bonchev–Trinajstić information content (AvgIpc) is 3.38. The quantitative estimate of drug-likeness (QED) is 0.101. The Kier molecular flexibility index (Phi) is 16.4. The molecule has 4 amide bonds. The molecule has 8 rings (SSSR count). The predicted octanol–water partition coefficient (Wildman–Crippen LogP) is 8.66. The standard InChI is InChI=1S/C27H29FN4O2.C27H28FN3O3/c1-30-12-14-31(15-13-30)27(34)32(19-23-11-10-22(17-25(23)28)26(33)18-29)24-9-5-8-21(16-24)20-6-3-2-4-7-20;1-29-13-15-30(16-14-29)27(33)31(19-23-12-11-22(18-25(23)28)26(32)34-2)24-10-6-9-21(17-24)20-7-4-3-5-8-20/h2-11,16-17H,12-15,18-19,29H2,1H3;3-12,17-18H,13-16,19H2,1-2H3. The number of benzene rings is 6. The van der Waals surface area contributed by atoms with Crippen LogP contribution in [0.4, 0.5) is 29.7 Å². The van der Waals surface area contributed by atoms with Crippen LogP contribution in [-0.4, -0.2) is 124 Å². The van der Waals surface area contributed by atoms with Gasteiger partial charge in [0.1, 0.15) is 11.6 Å². The molecule has 0 radical (unpaired) electrons. The SMILES string of the molecule is CN1CCN(C(=O)N(Cc2ccc(C(=O)CN)cc2F)c2cccc(-c3ccccc3)c2)CC1.COC(=O)c1ccc(CN(C(=O)N2CCN(C)CC2)c2cccc(-c3ccccc3)c2)c(F)c1. The predicted molar refractivity (Wildman–Crippen MR) is 263 cm³/mol.